The molecule has 0 saturated carbocycles. The molecule has 7 nitrogen and oxygen atoms in total. The highest BCUT2D eigenvalue weighted by molar-refractivity contribution is 5.92. The van der Waals surface area contributed by atoms with Crippen molar-refractivity contribution in [3.63, 3.8) is 0 Å². The smallest absolute Gasteiger partial charge is 0.227 e. The minimum absolute atomic E-state index is 0.377. The van der Waals surface area contributed by atoms with E-state index in [1.54, 1.807) is 13.3 Å². The molecule has 0 bridgehead atoms. The summed E-state index contributed by atoms with van der Waals surface area (Å²) < 4.78 is 7.38. The minimum Gasteiger partial charge on any atom is -0.496 e. The van der Waals surface area contributed by atoms with Crippen LogP contribution in [0.25, 0.3) is 16.7 Å². The number of aromatic nitrogens is 3. The molecular weight excluding hydrogens is 352 g/mol. The van der Waals surface area contributed by atoms with Crippen LogP contribution in [0, 0.1) is 25.2 Å². The molecule has 0 atom stereocenters. The number of benzene rings is 1. The Balaban J connectivity index is 2.00. The standard InChI is InChI=1S/C21H24N6O/c1-13-7-8-17(28-3)14(2)18(13)27-19(23)15(11-22)16-12-24-21(25-20(16)27)26-9-5-4-6-10-26/h7-8,12H,4-6,9-10,23H2,1-3H3. The highest BCUT2D eigenvalue weighted by Gasteiger charge is 2.23. The van der Waals surface area contributed by atoms with Crippen LogP contribution in [0.1, 0.15) is 36.0 Å². The maximum atomic E-state index is 9.70. The predicted molar refractivity (Wildman–Crippen MR) is 110 cm³/mol. The lowest BCUT2D eigenvalue weighted by molar-refractivity contribution is 0.411. The number of anilines is 2. The molecule has 1 aliphatic heterocycles. The number of hydrogen-bond donors (Lipinski definition) is 1. The van der Waals surface area contributed by atoms with Crippen LogP contribution < -0.4 is 15.4 Å². The molecule has 4 rings (SSSR count). The third-order valence-electron chi connectivity index (χ3n) is 5.51. The number of nitrogens with zero attached hydrogens (tertiary/aromatic N) is 5. The number of nitriles is 1. The fraction of sp³-hybridized carbons (Fsp3) is 0.381. The summed E-state index contributed by atoms with van der Waals surface area (Å²) >= 11 is 0. The molecule has 1 saturated heterocycles. The Morgan fingerprint density at radius 3 is 2.61 bits per heavy atom. The van der Waals surface area contributed by atoms with Gasteiger partial charge in [0.25, 0.3) is 0 Å². The van der Waals surface area contributed by atoms with E-state index in [4.69, 9.17) is 15.5 Å². The van der Waals surface area contributed by atoms with Gasteiger partial charge in [-0.2, -0.15) is 10.2 Å². The first kappa shape index (κ1) is 18.1. The highest BCUT2D eigenvalue weighted by atomic mass is 16.5. The van der Waals surface area contributed by atoms with Gasteiger partial charge in [0.15, 0.2) is 5.65 Å². The van der Waals surface area contributed by atoms with Crippen LogP contribution in [-0.2, 0) is 0 Å². The summed E-state index contributed by atoms with van der Waals surface area (Å²) in [5, 5.41) is 10.4. The Hall–Kier alpha value is -3.27. The third kappa shape index (κ3) is 2.73. The van der Waals surface area contributed by atoms with Gasteiger partial charge in [-0.1, -0.05) is 6.07 Å². The first-order valence-electron chi connectivity index (χ1n) is 9.53. The molecule has 28 heavy (non-hydrogen) atoms. The van der Waals surface area contributed by atoms with Crippen molar-refractivity contribution in [2.75, 3.05) is 30.8 Å². The summed E-state index contributed by atoms with van der Waals surface area (Å²) in [6.45, 7) is 5.91. The molecule has 2 N–H and O–H groups in total. The predicted octanol–water partition coefficient (Wildman–Crippen LogP) is 3.49. The molecule has 0 aliphatic carbocycles. The first-order valence-corrected chi connectivity index (χ1v) is 9.53. The number of nitrogen functional groups attached to an aromatic ring is 1. The van der Waals surface area contributed by atoms with Crippen molar-refractivity contribution in [1.82, 2.24) is 14.5 Å². The Bertz CT molecular complexity index is 1090. The number of hydrogen-bond acceptors (Lipinski definition) is 6. The molecule has 7 heteroatoms. The van der Waals surface area contributed by atoms with Crippen LogP contribution in [0.5, 0.6) is 5.75 Å². The van der Waals surface area contributed by atoms with Gasteiger partial charge in [0.2, 0.25) is 5.95 Å². The fourth-order valence-corrected chi connectivity index (χ4v) is 4.05. The minimum atomic E-state index is 0.377. The van der Waals surface area contributed by atoms with Gasteiger partial charge in [0.05, 0.1) is 18.2 Å². The van der Waals surface area contributed by atoms with E-state index in [0.29, 0.717) is 28.4 Å². The van der Waals surface area contributed by atoms with Crippen molar-refractivity contribution in [3.05, 3.63) is 35.0 Å². The number of methoxy groups -OCH3 is 1. The largest absolute Gasteiger partial charge is 0.496 e. The van der Waals surface area contributed by atoms with E-state index in [2.05, 4.69) is 16.0 Å². The summed E-state index contributed by atoms with van der Waals surface area (Å²) in [4.78, 5) is 11.6. The van der Waals surface area contributed by atoms with Crippen molar-refractivity contribution in [2.24, 2.45) is 0 Å². The summed E-state index contributed by atoms with van der Waals surface area (Å²) in [6.07, 6.45) is 5.25. The van der Waals surface area contributed by atoms with Gasteiger partial charge in [-0.3, -0.25) is 4.57 Å². The van der Waals surface area contributed by atoms with Crippen LogP contribution in [0.4, 0.5) is 11.8 Å². The van der Waals surface area contributed by atoms with E-state index in [-0.39, 0.29) is 0 Å². The van der Waals surface area contributed by atoms with Crippen LogP contribution in [0.3, 0.4) is 0 Å². The Kier molecular flexibility index (Phi) is 4.55. The molecule has 1 aromatic carbocycles. The maximum absolute atomic E-state index is 9.70. The number of ether oxygens (including phenoxy) is 1. The molecule has 3 heterocycles. The van der Waals surface area contributed by atoms with Crippen LogP contribution >= 0.6 is 0 Å². The van der Waals surface area contributed by atoms with Gasteiger partial charge in [-0.15, -0.1) is 0 Å². The summed E-state index contributed by atoms with van der Waals surface area (Å²) in [5.74, 6) is 1.83. The van der Waals surface area contributed by atoms with E-state index < -0.39 is 0 Å². The van der Waals surface area contributed by atoms with Gasteiger partial charge in [-0.05, 0) is 44.7 Å². The molecule has 0 spiro atoms. The van der Waals surface area contributed by atoms with Crippen LogP contribution in [0.15, 0.2) is 18.3 Å². The van der Waals surface area contributed by atoms with Crippen LogP contribution in [0.2, 0.25) is 0 Å². The lowest BCUT2D eigenvalue weighted by Gasteiger charge is -2.26. The van der Waals surface area contributed by atoms with Gasteiger partial charge < -0.3 is 15.4 Å². The maximum Gasteiger partial charge on any atom is 0.227 e. The van der Waals surface area contributed by atoms with Gasteiger partial charge >= 0.3 is 0 Å². The summed E-state index contributed by atoms with van der Waals surface area (Å²) in [6, 6.07) is 6.16. The fourth-order valence-electron chi connectivity index (χ4n) is 4.05. The number of piperidine rings is 1. The number of fused-ring (bicyclic) bond motifs is 1. The number of rotatable bonds is 3. The highest BCUT2D eigenvalue weighted by Crippen LogP contribution is 2.36. The average molecular weight is 376 g/mol. The zero-order valence-electron chi connectivity index (χ0n) is 16.5. The van der Waals surface area contributed by atoms with Gasteiger partial charge in [-0.25, -0.2) is 4.98 Å². The Morgan fingerprint density at radius 2 is 1.93 bits per heavy atom. The lowest BCUT2D eigenvalue weighted by atomic mass is 10.1. The van der Waals surface area contributed by atoms with Gasteiger partial charge in [0.1, 0.15) is 23.2 Å². The van der Waals surface area contributed by atoms with Crippen molar-refractivity contribution >= 4 is 22.8 Å². The number of aryl methyl sites for hydroxylation is 1. The molecule has 0 unspecified atom stereocenters. The summed E-state index contributed by atoms with van der Waals surface area (Å²) in [5.41, 5.74) is 10.4. The van der Waals surface area contributed by atoms with E-state index in [1.165, 1.54) is 6.42 Å². The molecular formula is C21H24N6O. The normalized spacial score (nSPS) is 14.3. The zero-order valence-corrected chi connectivity index (χ0v) is 16.5. The zero-order chi connectivity index (χ0) is 19.8. The monoisotopic (exact) mass is 376 g/mol. The molecule has 1 aliphatic rings. The summed E-state index contributed by atoms with van der Waals surface area (Å²) in [7, 11) is 1.65. The molecule has 0 radical (unpaired) electrons. The second kappa shape index (κ2) is 7.04. The van der Waals surface area contributed by atoms with E-state index in [1.807, 2.05) is 30.5 Å². The SMILES string of the molecule is COc1ccc(C)c(-n2c(N)c(C#N)c3cnc(N4CCCCC4)nc32)c1C. The second-order valence-corrected chi connectivity index (χ2v) is 7.22. The third-order valence-corrected chi connectivity index (χ3v) is 5.51. The molecule has 2 aromatic heterocycles. The van der Waals surface area contributed by atoms with Crippen molar-refractivity contribution < 1.29 is 4.74 Å². The van der Waals surface area contributed by atoms with E-state index >= 15 is 0 Å². The second-order valence-electron chi connectivity index (χ2n) is 7.22. The van der Waals surface area contributed by atoms with Crippen molar-refractivity contribution in [1.29, 1.82) is 5.26 Å². The van der Waals surface area contributed by atoms with Crippen molar-refractivity contribution in [3.8, 4) is 17.5 Å². The van der Waals surface area contributed by atoms with Crippen LogP contribution in [-0.4, -0.2) is 34.7 Å². The quantitative estimate of drug-likeness (QED) is 0.752. The lowest BCUT2D eigenvalue weighted by Crippen LogP contribution is -2.31. The van der Waals surface area contributed by atoms with Gasteiger partial charge in [0, 0.05) is 24.8 Å². The van der Waals surface area contributed by atoms with E-state index in [9.17, 15) is 5.26 Å². The number of nitrogens with two attached hydrogens (primary N) is 1. The first-order chi connectivity index (χ1) is 13.6. The molecule has 0 amide bonds. The molecule has 3 aromatic rings. The van der Waals surface area contributed by atoms with Crippen molar-refractivity contribution in [2.45, 2.75) is 33.1 Å². The topological polar surface area (TPSA) is 93.0 Å². The molecule has 1 fully saturated rings. The van der Waals surface area contributed by atoms with E-state index in [0.717, 1.165) is 48.5 Å². The Labute approximate surface area is 164 Å². The average Bonchev–Trinajstić information content (AvgIpc) is 2.99. The molecule has 144 valence electrons. The Morgan fingerprint density at radius 1 is 1.18 bits per heavy atom.